The van der Waals surface area contributed by atoms with Crippen molar-refractivity contribution in [2.24, 2.45) is 0 Å². The van der Waals surface area contributed by atoms with Crippen molar-refractivity contribution in [3.63, 3.8) is 0 Å². The van der Waals surface area contributed by atoms with E-state index in [1.165, 1.54) is 5.56 Å². The third-order valence-corrected chi connectivity index (χ3v) is 3.57. The number of aliphatic hydroxyl groups excluding tert-OH is 1. The number of benzene rings is 2. The van der Waals surface area contributed by atoms with Gasteiger partial charge in [-0.15, -0.1) is 0 Å². The summed E-state index contributed by atoms with van der Waals surface area (Å²) in [5, 5.41) is 10.4. The smallest absolute Gasteiger partial charge is 0.161 e. The molecule has 1 N–H and O–H groups in total. The van der Waals surface area contributed by atoms with E-state index in [2.05, 4.69) is 17.0 Å². The number of aliphatic hydroxyl groups is 1. The Morgan fingerprint density at radius 3 is 2.32 bits per heavy atom. The van der Waals surface area contributed by atoms with Gasteiger partial charge in [0.15, 0.2) is 11.5 Å². The lowest BCUT2D eigenvalue weighted by atomic mass is 10.1. The highest BCUT2D eigenvalue weighted by Gasteiger charge is 2.14. The Labute approximate surface area is 131 Å². The van der Waals surface area contributed by atoms with E-state index in [0.717, 1.165) is 12.1 Å². The van der Waals surface area contributed by atoms with Crippen LogP contribution in [0.1, 0.15) is 17.2 Å². The molecule has 0 heterocycles. The molecule has 0 aliphatic carbocycles. The van der Waals surface area contributed by atoms with Crippen molar-refractivity contribution in [1.29, 1.82) is 0 Å². The van der Waals surface area contributed by atoms with E-state index in [4.69, 9.17) is 9.47 Å². The average Bonchev–Trinajstić information content (AvgIpc) is 2.54. The molecule has 0 bridgehead atoms. The van der Waals surface area contributed by atoms with Crippen LogP contribution in [0.2, 0.25) is 0 Å². The summed E-state index contributed by atoms with van der Waals surface area (Å²) in [5.74, 6) is 1.29. The molecule has 0 amide bonds. The lowest BCUT2D eigenvalue weighted by Crippen LogP contribution is -2.24. The summed E-state index contributed by atoms with van der Waals surface area (Å²) in [6.07, 6.45) is -0.575. The molecule has 22 heavy (non-hydrogen) atoms. The minimum absolute atomic E-state index is 0.546. The van der Waals surface area contributed by atoms with Crippen molar-refractivity contribution in [1.82, 2.24) is 4.90 Å². The van der Waals surface area contributed by atoms with Crippen LogP contribution in [0.15, 0.2) is 48.5 Å². The Bertz CT molecular complexity index is 586. The number of likely N-dealkylation sites (N-methyl/N-ethyl adjacent to an activating group) is 1. The molecule has 2 aromatic rings. The van der Waals surface area contributed by atoms with Crippen LogP contribution in [-0.4, -0.2) is 37.8 Å². The van der Waals surface area contributed by atoms with Crippen molar-refractivity contribution in [3.05, 3.63) is 59.7 Å². The van der Waals surface area contributed by atoms with Crippen LogP contribution < -0.4 is 9.47 Å². The first-order chi connectivity index (χ1) is 10.6. The van der Waals surface area contributed by atoms with E-state index in [9.17, 15) is 5.11 Å². The quantitative estimate of drug-likeness (QED) is 0.854. The molecule has 0 aliphatic rings. The number of rotatable bonds is 7. The maximum Gasteiger partial charge on any atom is 0.161 e. The van der Waals surface area contributed by atoms with Crippen LogP contribution in [0.3, 0.4) is 0 Å². The minimum atomic E-state index is -0.575. The van der Waals surface area contributed by atoms with Crippen molar-refractivity contribution >= 4 is 0 Å². The fraction of sp³-hybridized carbons (Fsp3) is 0.333. The van der Waals surface area contributed by atoms with Crippen molar-refractivity contribution in [3.8, 4) is 11.5 Å². The topological polar surface area (TPSA) is 41.9 Å². The van der Waals surface area contributed by atoms with E-state index in [-0.39, 0.29) is 0 Å². The molecule has 1 unspecified atom stereocenters. The fourth-order valence-electron chi connectivity index (χ4n) is 2.42. The van der Waals surface area contributed by atoms with Crippen LogP contribution in [0.5, 0.6) is 11.5 Å². The van der Waals surface area contributed by atoms with Crippen LogP contribution in [0.4, 0.5) is 0 Å². The summed E-state index contributed by atoms with van der Waals surface area (Å²) < 4.78 is 10.5. The van der Waals surface area contributed by atoms with Crippen molar-refractivity contribution < 1.29 is 14.6 Å². The minimum Gasteiger partial charge on any atom is -0.493 e. The lowest BCUT2D eigenvalue weighted by Gasteiger charge is -2.21. The molecule has 1 atom stereocenters. The molecule has 0 saturated heterocycles. The molecule has 118 valence electrons. The first kappa shape index (κ1) is 16.3. The predicted molar refractivity (Wildman–Crippen MR) is 87.3 cm³/mol. The summed E-state index contributed by atoms with van der Waals surface area (Å²) in [7, 11) is 5.19. The van der Waals surface area contributed by atoms with Gasteiger partial charge in [-0.3, -0.25) is 4.90 Å². The number of ether oxygens (including phenoxy) is 2. The van der Waals surface area contributed by atoms with Gasteiger partial charge >= 0.3 is 0 Å². The van der Waals surface area contributed by atoms with Gasteiger partial charge in [0.2, 0.25) is 0 Å². The third-order valence-electron chi connectivity index (χ3n) is 3.57. The van der Waals surface area contributed by atoms with Crippen molar-refractivity contribution in [2.45, 2.75) is 12.6 Å². The SMILES string of the molecule is COc1ccc(C(O)CN(C)Cc2ccccc2)cc1OC. The third kappa shape index (κ3) is 4.23. The highest BCUT2D eigenvalue weighted by atomic mass is 16.5. The zero-order valence-electron chi connectivity index (χ0n) is 13.3. The van der Waals surface area contributed by atoms with Gasteiger partial charge in [0, 0.05) is 13.1 Å². The van der Waals surface area contributed by atoms with Crippen LogP contribution >= 0.6 is 0 Å². The van der Waals surface area contributed by atoms with E-state index >= 15 is 0 Å². The summed E-state index contributed by atoms with van der Waals surface area (Å²) in [6, 6.07) is 15.7. The number of hydrogen-bond acceptors (Lipinski definition) is 4. The highest BCUT2D eigenvalue weighted by molar-refractivity contribution is 5.43. The van der Waals surface area contributed by atoms with Gasteiger partial charge in [0.25, 0.3) is 0 Å². The number of hydrogen-bond donors (Lipinski definition) is 1. The largest absolute Gasteiger partial charge is 0.493 e. The molecule has 2 aromatic carbocycles. The Morgan fingerprint density at radius 1 is 1.00 bits per heavy atom. The van der Waals surface area contributed by atoms with Gasteiger partial charge in [0.1, 0.15) is 0 Å². The summed E-state index contributed by atoms with van der Waals surface area (Å²) in [4.78, 5) is 2.09. The second kappa shape index (κ2) is 7.82. The molecule has 0 spiro atoms. The molecule has 0 saturated carbocycles. The van der Waals surface area contributed by atoms with Gasteiger partial charge in [-0.05, 0) is 30.3 Å². The average molecular weight is 301 g/mol. The second-order valence-electron chi connectivity index (χ2n) is 5.31. The molecule has 0 aromatic heterocycles. The molecule has 2 rings (SSSR count). The molecule has 0 fully saturated rings. The second-order valence-corrected chi connectivity index (χ2v) is 5.31. The highest BCUT2D eigenvalue weighted by Crippen LogP contribution is 2.30. The van der Waals surface area contributed by atoms with Gasteiger partial charge in [-0.1, -0.05) is 36.4 Å². The van der Waals surface area contributed by atoms with E-state index in [1.54, 1.807) is 14.2 Å². The van der Waals surface area contributed by atoms with Gasteiger partial charge in [0.05, 0.1) is 20.3 Å². The maximum atomic E-state index is 10.4. The maximum absolute atomic E-state index is 10.4. The molecule has 4 nitrogen and oxygen atoms in total. The van der Waals surface area contributed by atoms with E-state index in [0.29, 0.717) is 18.0 Å². The van der Waals surface area contributed by atoms with E-state index < -0.39 is 6.10 Å². The molecule has 0 radical (unpaired) electrons. The molecular weight excluding hydrogens is 278 g/mol. The fourth-order valence-corrected chi connectivity index (χ4v) is 2.42. The van der Waals surface area contributed by atoms with E-state index in [1.807, 2.05) is 43.4 Å². The van der Waals surface area contributed by atoms with Gasteiger partial charge < -0.3 is 14.6 Å². The summed E-state index contributed by atoms with van der Waals surface area (Å²) in [5.41, 5.74) is 2.04. The summed E-state index contributed by atoms with van der Waals surface area (Å²) >= 11 is 0. The zero-order chi connectivity index (χ0) is 15.9. The lowest BCUT2D eigenvalue weighted by molar-refractivity contribution is 0.123. The molecule has 0 aliphatic heterocycles. The number of methoxy groups -OCH3 is 2. The number of nitrogens with zero attached hydrogens (tertiary/aromatic N) is 1. The predicted octanol–water partition coefficient (Wildman–Crippen LogP) is 2.87. The van der Waals surface area contributed by atoms with Crippen LogP contribution in [0, 0.1) is 0 Å². The first-order valence-electron chi connectivity index (χ1n) is 7.26. The monoisotopic (exact) mass is 301 g/mol. The summed E-state index contributed by atoms with van der Waals surface area (Å²) in [6.45, 7) is 1.34. The van der Waals surface area contributed by atoms with Crippen molar-refractivity contribution in [2.75, 3.05) is 27.8 Å². The normalized spacial score (nSPS) is 12.2. The van der Waals surface area contributed by atoms with Gasteiger partial charge in [-0.25, -0.2) is 0 Å². The Kier molecular flexibility index (Phi) is 5.81. The van der Waals surface area contributed by atoms with Crippen LogP contribution in [-0.2, 0) is 6.54 Å². The molecular formula is C18H23NO3. The zero-order valence-corrected chi connectivity index (χ0v) is 13.3. The molecule has 4 heteroatoms. The van der Waals surface area contributed by atoms with Gasteiger partial charge in [-0.2, -0.15) is 0 Å². The standard InChI is InChI=1S/C18H23NO3/c1-19(12-14-7-5-4-6-8-14)13-16(20)15-9-10-17(21-2)18(11-15)22-3/h4-11,16,20H,12-13H2,1-3H3. The Balaban J connectivity index is 2.00. The first-order valence-corrected chi connectivity index (χ1v) is 7.26. The van der Waals surface area contributed by atoms with Crippen LogP contribution in [0.25, 0.3) is 0 Å². The Hall–Kier alpha value is -2.04. The Morgan fingerprint density at radius 2 is 1.68 bits per heavy atom.